The number of nitro groups is 1. The molecule has 9 heteroatoms. The lowest BCUT2D eigenvalue weighted by Gasteiger charge is -2.31. The summed E-state index contributed by atoms with van der Waals surface area (Å²) in [7, 11) is 1.54. The van der Waals surface area contributed by atoms with E-state index in [0.29, 0.717) is 52.6 Å². The van der Waals surface area contributed by atoms with Crippen molar-refractivity contribution in [3.8, 4) is 11.4 Å². The molecule has 4 aromatic rings. The van der Waals surface area contributed by atoms with Crippen molar-refractivity contribution >= 4 is 22.5 Å². The third kappa shape index (κ3) is 5.59. The van der Waals surface area contributed by atoms with Gasteiger partial charge in [0, 0.05) is 23.7 Å². The van der Waals surface area contributed by atoms with Crippen LogP contribution in [0.4, 0.5) is 5.69 Å². The van der Waals surface area contributed by atoms with E-state index in [1.165, 1.54) is 10.6 Å². The fourth-order valence-electron chi connectivity index (χ4n) is 4.75. The van der Waals surface area contributed by atoms with Gasteiger partial charge in [-0.3, -0.25) is 24.3 Å². The lowest BCUT2D eigenvalue weighted by molar-refractivity contribution is -0.385. The van der Waals surface area contributed by atoms with E-state index < -0.39 is 11.0 Å². The molecule has 1 aromatic heterocycles. The van der Waals surface area contributed by atoms with Gasteiger partial charge in [-0.05, 0) is 69.0 Å². The van der Waals surface area contributed by atoms with Gasteiger partial charge in [-0.15, -0.1) is 0 Å². The van der Waals surface area contributed by atoms with Gasteiger partial charge in [-0.2, -0.15) is 0 Å². The van der Waals surface area contributed by atoms with Gasteiger partial charge in [0.15, 0.2) is 0 Å². The number of carbonyl (C=O) groups is 1. The smallest absolute Gasteiger partial charge is 0.273 e. The number of aryl methyl sites for hydroxylation is 2. The van der Waals surface area contributed by atoms with Gasteiger partial charge < -0.3 is 9.64 Å². The second-order valence-corrected chi connectivity index (χ2v) is 10.4. The molecule has 0 spiro atoms. The maximum Gasteiger partial charge on any atom is 0.273 e. The fourth-order valence-corrected chi connectivity index (χ4v) is 4.75. The largest absolute Gasteiger partial charge is 0.495 e. The maximum absolute atomic E-state index is 14.0. The zero-order chi connectivity index (χ0) is 29.1. The molecule has 0 aliphatic heterocycles. The van der Waals surface area contributed by atoms with E-state index in [2.05, 4.69) is 13.8 Å². The highest BCUT2D eigenvalue weighted by molar-refractivity contribution is 5.95. The van der Waals surface area contributed by atoms with E-state index in [9.17, 15) is 19.7 Å². The van der Waals surface area contributed by atoms with Crippen LogP contribution in [-0.2, 0) is 0 Å². The summed E-state index contributed by atoms with van der Waals surface area (Å²) in [6, 6.07) is 16.5. The minimum Gasteiger partial charge on any atom is -0.495 e. The van der Waals surface area contributed by atoms with Crippen LogP contribution in [-0.4, -0.2) is 38.9 Å². The zero-order valence-corrected chi connectivity index (χ0v) is 23.7. The Bertz CT molecular complexity index is 1640. The number of ether oxygens (including phenoxy) is 1. The first-order chi connectivity index (χ1) is 19.0. The molecule has 1 heterocycles. The van der Waals surface area contributed by atoms with E-state index in [1.54, 1.807) is 55.3 Å². The van der Waals surface area contributed by atoms with Crippen LogP contribution in [0.25, 0.3) is 16.6 Å². The van der Waals surface area contributed by atoms with Crippen LogP contribution in [0.15, 0.2) is 65.5 Å². The Balaban J connectivity index is 1.95. The summed E-state index contributed by atoms with van der Waals surface area (Å²) < 4.78 is 7.15. The van der Waals surface area contributed by atoms with Crippen LogP contribution in [0.1, 0.15) is 60.5 Å². The summed E-state index contributed by atoms with van der Waals surface area (Å²) in [5.74, 6) is 0.777. The monoisotopic (exact) mass is 542 g/mol. The average Bonchev–Trinajstić information content (AvgIpc) is 2.92. The van der Waals surface area contributed by atoms with E-state index in [-0.39, 0.29) is 22.7 Å². The summed E-state index contributed by atoms with van der Waals surface area (Å²) in [5.41, 5.74) is 2.24. The SMILES string of the molecule is COc1ccc(C)cc1-n1c(C(C)N(CCC(C)C)C(=O)c2ccc(C)c([N+](=O)[O-])c2)nc2ccccc2c1=O. The lowest BCUT2D eigenvalue weighted by Crippen LogP contribution is -2.38. The fraction of sp³-hybridized carbons (Fsp3) is 0.323. The van der Waals surface area contributed by atoms with Crippen LogP contribution in [0.5, 0.6) is 5.75 Å². The number of hydrogen-bond donors (Lipinski definition) is 0. The van der Waals surface area contributed by atoms with Crippen LogP contribution in [0.2, 0.25) is 0 Å². The molecule has 0 bridgehead atoms. The third-order valence-electron chi connectivity index (χ3n) is 7.08. The number of benzene rings is 3. The van der Waals surface area contributed by atoms with Crippen molar-refractivity contribution in [1.82, 2.24) is 14.5 Å². The molecule has 208 valence electrons. The highest BCUT2D eigenvalue weighted by Crippen LogP contribution is 2.30. The molecule has 9 nitrogen and oxygen atoms in total. The second kappa shape index (κ2) is 11.7. The molecule has 1 amide bonds. The molecule has 1 atom stereocenters. The Morgan fingerprint density at radius 2 is 1.80 bits per heavy atom. The molecular formula is C31H34N4O5. The molecule has 0 saturated carbocycles. The Labute approximate surface area is 233 Å². The van der Waals surface area contributed by atoms with Crippen molar-refractivity contribution in [2.24, 2.45) is 5.92 Å². The Hall–Kier alpha value is -4.53. The predicted octanol–water partition coefficient (Wildman–Crippen LogP) is 6.17. The van der Waals surface area contributed by atoms with Gasteiger partial charge in [0.2, 0.25) is 0 Å². The van der Waals surface area contributed by atoms with Gasteiger partial charge in [0.05, 0.1) is 34.7 Å². The summed E-state index contributed by atoms with van der Waals surface area (Å²) in [6.45, 7) is 9.88. The van der Waals surface area contributed by atoms with Gasteiger partial charge in [-0.25, -0.2) is 4.98 Å². The van der Waals surface area contributed by atoms with E-state index in [0.717, 1.165) is 5.56 Å². The Kier molecular flexibility index (Phi) is 8.32. The van der Waals surface area contributed by atoms with Crippen LogP contribution < -0.4 is 10.3 Å². The van der Waals surface area contributed by atoms with Crippen molar-refractivity contribution in [3.63, 3.8) is 0 Å². The highest BCUT2D eigenvalue weighted by Gasteiger charge is 2.29. The number of carbonyl (C=O) groups excluding carboxylic acids is 1. The standard InChI is InChI=1S/C31H34N4O5/c1-19(2)15-16-33(30(36)23-13-12-21(4)26(18-23)35(38)39)22(5)29-32-25-10-8-7-9-24(25)31(37)34(29)27-17-20(3)11-14-28(27)40-6/h7-14,17-19,22H,15-16H2,1-6H3. The molecule has 4 rings (SSSR count). The topological polar surface area (TPSA) is 108 Å². The number of amides is 1. The number of methoxy groups -OCH3 is 1. The summed E-state index contributed by atoms with van der Waals surface area (Å²) in [6.07, 6.45) is 0.690. The molecule has 0 saturated heterocycles. The van der Waals surface area contributed by atoms with E-state index in [1.807, 2.05) is 32.0 Å². The summed E-state index contributed by atoms with van der Waals surface area (Å²) in [5, 5.41) is 12.0. The molecule has 0 radical (unpaired) electrons. The first kappa shape index (κ1) is 28.5. The zero-order valence-electron chi connectivity index (χ0n) is 23.7. The lowest BCUT2D eigenvalue weighted by atomic mass is 10.1. The minimum absolute atomic E-state index is 0.118. The molecule has 40 heavy (non-hydrogen) atoms. The number of hydrogen-bond acceptors (Lipinski definition) is 6. The number of nitro benzene ring substituents is 1. The Morgan fingerprint density at radius 3 is 2.48 bits per heavy atom. The molecule has 0 aliphatic rings. The van der Waals surface area contributed by atoms with Crippen LogP contribution in [0, 0.1) is 29.9 Å². The van der Waals surface area contributed by atoms with E-state index >= 15 is 0 Å². The van der Waals surface area contributed by atoms with E-state index in [4.69, 9.17) is 9.72 Å². The van der Waals surface area contributed by atoms with Crippen LogP contribution >= 0.6 is 0 Å². The van der Waals surface area contributed by atoms with Crippen molar-refractivity contribution in [1.29, 1.82) is 0 Å². The molecular weight excluding hydrogens is 508 g/mol. The first-order valence-electron chi connectivity index (χ1n) is 13.3. The quantitative estimate of drug-likeness (QED) is 0.185. The van der Waals surface area contributed by atoms with Gasteiger partial charge in [0.25, 0.3) is 17.2 Å². The molecule has 0 N–H and O–H groups in total. The average molecular weight is 543 g/mol. The van der Waals surface area contributed by atoms with Gasteiger partial charge in [0.1, 0.15) is 11.6 Å². The third-order valence-corrected chi connectivity index (χ3v) is 7.08. The van der Waals surface area contributed by atoms with Gasteiger partial charge in [-0.1, -0.05) is 38.1 Å². The number of rotatable bonds is 9. The number of para-hydroxylation sites is 1. The van der Waals surface area contributed by atoms with Crippen molar-refractivity contribution in [2.45, 2.75) is 47.1 Å². The summed E-state index contributed by atoms with van der Waals surface area (Å²) in [4.78, 5) is 45.7. The van der Waals surface area contributed by atoms with Crippen molar-refractivity contribution in [2.75, 3.05) is 13.7 Å². The van der Waals surface area contributed by atoms with Crippen molar-refractivity contribution in [3.05, 3.63) is 104 Å². The normalized spacial score (nSPS) is 12.0. The first-order valence-corrected chi connectivity index (χ1v) is 13.3. The second-order valence-electron chi connectivity index (χ2n) is 10.4. The number of aromatic nitrogens is 2. The predicted molar refractivity (Wildman–Crippen MR) is 155 cm³/mol. The van der Waals surface area contributed by atoms with Gasteiger partial charge >= 0.3 is 0 Å². The number of fused-ring (bicyclic) bond motifs is 1. The summed E-state index contributed by atoms with van der Waals surface area (Å²) >= 11 is 0. The number of nitrogens with zero attached hydrogens (tertiary/aromatic N) is 4. The minimum atomic E-state index is -0.658. The van der Waals surface area contributed by atoms with Crippen LogP contribution in [0.3, 0.4) is 0 Å². The molecule has 1 unspecified atom stereocenters. The highest BCUT2D eigenvalue weighted by atomic mass is 16.6. The molecule has 0 fully saturated rings. The Morgan fingerprint density at radius 1 is 1.07 bits per heavy atom. The molecule has 0 aliphatic carbocycles. The maximum atomic E-state index is 14.0. The molecule has 3 aromatic carbocycles. The van der Waals surface area contributed by atoms with Crippen molar-refractivity contribution < 1.29 is 14.5 Å².